The van der Waals surface area contributed by atoms with E-state index in [4.69, 9.17) is 0 Å². The van der Waals surface area contributed by atoms with Crippen molar-refractivity contribution in [2.75, 3.05) is 0 Å². The van der Waals surface area contributed by atoms with Gasteiger partial charge in [-0.2, -0.15) is 5.10 Å². The Bertz CT molecular complexity index is 483. The van der Waals surface area contributed by atoms with Crippen molar-refractivity contribution in [1.29, 1.82) is 0 Å². The average molecular weight is 328 g/mol. The topological polar surface area (TPSA) is 46.9 Å². The highest BCUT2D eigenvalue weighted by atomic mass is 79.9. The lowest BCUT2D eigenvalue weighted by Gasteiger charge is -2.34. The summed E-state index contributed by atoms with van der Waals surface area (Å²) in [6.07, 6.45) is 3.53. The zero-order chi connectivity index (χ0) is 14.2. The molecule has 0 aromatic carbocycles. The molecule has 1 aliphatic rings. The van der Waals surface area contributed by atoms with E-state index in [1.807, 2.05) is 14.0 Å². The predicted octanol–water partition coefficient (Wildman–Crippen LogP) is 3.05. The number of hydrogen-bond acceptors (Lipinski definition) is 2. The molecule has 106 valence electrons. The van der Waals surface area contributed by atoms with Crippen molar-refractivity contribution < 1.29 is 4.79 Å². The first-order valence-electron chi connectivity index (χ1n) is 6.91. The summed E-state index contributed by atoms with van der Waals surface area (Å²) < 4.78 is 2.52. The van der Waals surface area contributed by atoms with E-state index in [2.05, 4.69) is 40.2 Å². The third-order valence-electron chi connectivity index (χ3n) is 4.50. The molecule has 3 atom stereocenters. The number of aromatic nitrogens is 2. The van der Waals surface area contributed by atoms with E-state index < -0.39 is 0 Å². The molecule has 0 bridgehead atoms. The first-order chi connectivity index (χ1) is 8.91. The van der Waals surface area contributed by atoms with E-state index in [0.29, 0.717) is 17.5 Å². The fourth-order valence-corrected chi connectivity index (χ4v) is 3.27. The van der Waals surface area contributed by atoms with Crippen LogP contribution in [0.5, 0.6) is 0 Å². The van der Waals surface area contributed by atoms with Gasteiger partial charge in [0.25, 0.3) is 5.91 Å². The molecule has 0 aliphatic heterocycles. The third-order valence-corrected chi connectivity index (χ3v) is 5.45. The number of nitrogens with one attached hydrogen (secondary N) is 1. The van der Waals surface area contributed by atoms with Gasteiger partial charge in [0.05, 0.1) is 10.2 Å². The highest BCUT2D eigenvalue weighted by Crippen LogP contribution is 2.30. The first kappa shape index (κ1) is 14.6. The molecule has 4 nitrogen and oxygen atoms in total. The molecule has 1 amide bonds. The average Bonchev–Trinajstić information content (AvgIpc) is 2.63. The van der Waals surface area contributed by atoms with Gasteiger partial charge in [0.2, 0.25) is 0 Å². The van der Waals surface area contributed by atoms with Crippen LogP contribution in [0.2, 0.25) is 0 Å². The molecule has 0 spiro atoms. The summed E-state index contributed by atoms with van der Waals surface area (Å²) in [7, 11) is 1.85. The van der Waals surface area contributed by atoms with Gasteiger partial charge in [-0.3, -0.25) is 9.48 Å². The second kappa shape index (κ2) is 5.65. The number of hydrogen-bond donors (Lipinski definition) is 1. The smallest absolute Gasteiger partial charge is 0.273 e. The molecular formula is C14H22BrN3O. The first-order valence-corrected chi connectivity index (χ1v) is 7.71. The molecule has 3 unspecified atom stereocenters. The maximum Gasteiger partial charge on any atom is 0.273 e. The van der Waals surface area contributed by atoms with Crippen LogP contribution >= 0.6 is 15.9 Å². The van der Waals surface area contributed by atoms with Gasteiger partial charge in [0, 0.05) is 13.1 Å². The van der Waals surface area contributed by atoms with Gasteiger partial charge in [-0.05, 0) is 41.1 Å². The fourth-order valence-electron chi connectivity index (χ4n) is 2.75. The molecule has 0 radical (unpaired) electrons. The van der Waals surface area contributed by atoms with Crippen LogP contribution in [0.3, 0.4) is 0 Å². The molecule has 1 aliphatic carbocycles. The molecule has 2 rings (SSSR count). The van der Waals surface area contributed by atoms with Gasteiger partial charge in [-0.25, -0.2) is 0 Å². The minimum Gasteiger partial charge on any atom is -0.348 e. The zero-order valence-electron chi connectivity index (χ0n) is 12.0. The summed E-state index contributed by atoms with van der Waals surface area (Å²) in [6, 6.07) is 0.269. The van der Waals surface area contributed by atoms with Crippen molar-refractivity contribution in [3.63, 3.8) is 0 Å². The van der Waals surface area contributed by atoms with Crippen LogP contribution in [-0.2, 0) is 7.05 Å². The second-order valence-electron chi connectivity index (χ2n) is 5.72. The minimum absolute atomic E-state index is 0.0680. The lowest BCUT2D eigenvalue weighted by molar-refractivity contribution is 0.0884. The van der Waals surface area contributed by atoms with Crippen LogP contribution in [0.25, 0.3) is 0 Å². The fraction of sp³-hybridized carbons (Fsp3) is 0.714. The summed E-state index contributed by atoms with van der Waals surface area (Å²) in [5, 5.41) is 7.43. The van der Waals surface area contributed by atoms with Crippen molar-refractivity contribution in [2.24, 2.45) is 18.9 Å². The van der Waals surface area contributed by atoms with Crippen molar-refractivity contribution in [3.05, 3.63) is 15.9 Å². The van der Waals surface area contributed by atoms with Gasteiger partial charge in [-0.15, -0.1) is 0 Å². The van der Waals surface area contributed by atoms with E-state index in [0.717, 1.165) is 16.6 Å². The van der Waals surface area contributed by atoms with Gasteiger partial charge >= 0.3 is 0 Å². The Morgan fingerprint density at radius 2 is 2.11 bits per heavy atom. The molecule has 19 heavy (non-hydrogen) atoms. The molecule has 1 aromatic heterocycles. The van der Waals surface area contributed by atoms with E-state index in [1.165, 1.54) is 12.8 Å². The van der Waals surface area contributed by atoms with Crippen LogP contribution in [0.4, 0.5) is 0 Å². The highest BCUT2D eigenvalue weighted by Gasteiger charge is 2.29. The van der Waals surface area contributed by atoms with E-state index in [-0.39, 0.29) is 11.9 Å². The van der Waals surface area contributed by atoms with E-state index in [1.54, 1.807) is 4.68 Å². The number of amides is 1. The lowest BCUT2D eigenvalue weighted by Crippen LogP contribution is -2.43. The van der Waals surface area contributed by atoms with Gasteiger partial charge in [-0.1, -0.05) is 26.7 Å². The molecule has 5 heteroatoms. The van der Waals surface area contributed by atoms with Gasteiger partial charge in [0.15, 0.2) is 5.69 Å². The van der Waals surface area contributed by atoms with Crippen LogP contribution in [0.15, 0.2) is 4.47 Å². The van der Waals surface area contributed by atoms with Crippen molar-refractivity contribution in [2.45, 2.75) is 46.1 Å². The Morgan fingerprint density at radius 1 is 1.42 bits per heavy atom. The van der Waals surface area contributed by atoms with Crippen molar-refractivity contribution in [1.82, 2.24) is 15.1 Å². The quantitative estimate of drug-likeness (QED) is 0.907. The second-order valence-corrected chi connectivity index (χ2v) is 6.51. The third kappa shape index (κ3) is 2.86. The summed E-state index contributed by atoms with van der Waals surface area (Å²) >= 11 is 3.45. The van der Waals surface area contributed by atoms with Crippen LogP contribution in [0, 0.1) is 18.8 Å². The number of rotatable bonds is 2. The Hall–Kier alpha value is -0.840. The Morgan fingerprint density at radius 3 is 2.68 bits per heavy atom. The number of nitrogens with zero attached hydrogens (tertiary/aromatic N) is 2. The van der Waals surface area contributed by atoms with Gasteiger partial charge < -0.3 is 5.32 Å². The van der Waals surface area contributed by atoms with Gasteiger partial charge in [0.1, 0.15) is 0 Å². The predicted molar refractivity (Wildman–Crippen MR) is 79.1 cm³/mol. The van der Waals surface area contributed by atoms with Crippen LogP contribution in [0.1, 0.15) is 49.3 Å². The summed E-state index contributed by atoms with van der Waals surface area (Å²) in [5.41, 5.74) is 1.46. The monoisotopic (exact) mass is 327 g/mol. The molecule has 1 N–H and O–H groups in total. The summed E-state index contributed by atoms with van der Waals surface area (Å²) in [4.78, 5) is 12.3. The maximum absolute atomic E-state index is 12.3. The van der Waals surface area contributed by atoms with E-state index in [9.17, 15) is 4.79 Å². The van der Waals surface area contributed by atoms with Crippen molar-refractivity contribution in [3.8, 4) is 0 Å². The number of halogens is 1. The van der Waals surface area contributed by atoms with E-state index >= 15 is 0 Å². The summed E-state index contributed by atoms with van der Waals surface area (Å²) in [6.45, 7) is 6.44. The molecule has 1 fully saturated rings. The summed E-state index contributed by atoms with van der Waals surface area (Å²) in [5.74, 6) is 1.13. The Labute approximate surface area is 123 Å². The molecule has 1 heterocycles. The minimum atomic E-state index is -0.0680. The normalized spacial score (nSPS) is 27.3. The molecule has 0 saturated heterocycles. The largest absolute Gasteiger partial charge is 0.348 e. The van der Waals surface area contributed by atoms with Crippen molar-refractivity contribution >= 4 is 21.8 Å². The highest BCUT2D eigenvalue weighted by molar-refractivity contribution is 9.10. The lowest BCUT2D eigenvalue weighted by atomic mass is 9.78. The molecular weight excluding hydrogens is 306 g/mol. The number of aryl methyl sites for hydroxylation is 1. The molecule has 1 aromatic rings. The maximum atomic E-state index is 12.3. The number of carbonyl (C=O) groups excluding carboxylic acids is 1. The SMILES string of the molecule is Cc1c(Br)c(C(=O)NC2CCCC(C)C2C)nn1C. The zero-order valence-corrected chi connectivity index (χ0v) is 13.6. The molecule has 1 saturated carbocycles. The number of carbonyl (C=O) groups is 1. The standard InChI is InChI=1S/C14H22BrN3O/c1-8-6-5-7-11(9(8)2)16-14(19)13-12(15)10(3)18(4)17-13/h8-9,11H,5-7H2,1-4H3,(H,16,19). The Balaban J connectivity index is 2.10. The van der Waals surface area contributed by atoms with Crippen LogP contribution < -0.4 is 5.32 Å². The Kier molecular flexibility index (Phi) is 4.33. The van der Waals surface area contributed by atoms with Crippen LogP contribution in [-0.4, -0.2) is 21.7 Å².